The predicted molar refractivity (Wildman–Crippen MR) is 114 cm³/mol. The SMILES string of the molecule is CC(=Nc1c(C)ccc2ncccc12)Nc1cc(C(N)=O)ccc1OC(C)C. The van der Waals surface area contributed by atoms with Gasteiger partial charge in [-0.3, -0.25) is 9.78 Å². The molecule has 0 fully saturated rings. The molecule has 0 bridgehead atoms. The number of aliphatic imine (C=N–C) groups is 1. The molecule has 0 spiro atoms. The van der Waals surface area contributed by atoms with Crippen molar-refractivity contribution in [1.29, 1.82) is 0 Å². The number of hydrogen-bond donors (Lipinski definition) is 2. The minimum atomic E-state index is -0.496. The van der Waals surface area contributed by atoms with Gasteiger partial charge in [0.05, 0.1) is 23.0 Å². The number of hydrogen-bond acceptors (Lipinski definition) is 4. The summed E-state index contributed by atoms with van der Waals surface area (Å²) in [5, 5.41) is 4.23. The lowest BCUT2D eigenvalue weighted by atomic mass is 10.1. The predicted octanol–water partition coefficient (Wildman–Crippen LogP) is 4.59. The van der Waals surface area contributed by atoms with Crippen molar-refractivity contribution >= 4 is 34.0 Å². The third-order valence-corrected chi connectivity index (χ3v) is 4.18. The molecule has 1 heterocycles. The number of carbonyl (C=O) groups excluding carboxylic acids is 1. The minimum Gasteiger partial charge on any atom is -0.489 e. The van der Waals surface area contributed by atoms with E-state index in [1.54, 1.807) is 24.4 Å². The third-order valence-electron chi connectivity index (χ3n) is 4.18. The molecule has 0 radical (unpaired) electrons. The number of primary amides is 1. The molecule has 6 nitrogen and oxygen atoms in total. The first-order valence-electron chi connectivity index (χ1n) is 9.12. The van der Waals surface area contributed by atoms with Crippen LogP contribution < -0.4 is 15.8 Å². The number of aromatic nitrogens is 1. The van der Waals surface area contributed by atoms with Crippen LogP contribution >= 0.6 is 0 Å². The normalized spacial score (nSPS) is 11.7. The molecule has 1 aromatic heterocycles. The van der Waals surface area contributed by atoms with Crippen molar-refractivity contribution in [3.8, 4) is 5.75 Å². The maximum absolute atomic E-state index is 11.6. The summed E-state index contributed by atoms with van der Waals surface area (Å²) in [6.07, 6.45) is 1.75. The number of pyridine rings is 1. The van der Waals surface area contributed by atoms with Crippen LogP contribution in [0.1, 0.15) is 36.7 Å². The molecule has 3 N–H and O–H groups in total. The molecule has 6 heteroatoms. The van der Waals surface area contributed by atoms with E-state index < -0.39 is 5.91 Å². The summed E-state index contributed by atoms with van der Waals surface area (Å²) >= 11 is 0. The number of benzene rings is 2. The highest BCUT2D eigenvalue weighted by atomic mass is 16.5. The molecule has 0 aliphatic rings. The average Bonchev–Trinajstić information content (AvgIpc) is 2.65. The second-order valence-corrected chi connectivity index (χ2v) is 6.87. The third kappa shape index (κ3) is 4.28. The summed E-state index contributed by atoms with van der Waals surface area (Å²) in [5.74, 6) is 0.797. The van der Waals surface area contributed by atoms with Crippen molar-refractivity contribution in [3.63, 3.8) is 0 Å². The van der Waals surface area contributed by atoms with Gasteiger partial charge in [0.25, 0.3) is 0 Å². The minimum absolute atomic E-state index is 0.0105. The Morgan fingerprint density at radius 1 is 1.21 bits per heavy atom. The standard InChI is InChI=1S/C22H24N4O2/c1-13(2)28-20-10-8-16(22(23)27)12-19(20)25-15(4)26-21-14(3)7-9-18-17(21)6-5-11-24-18/h5-13H,1-4H3,(H2,23,27)(H,25,26). The second kappa shape index (κ2) is 8.08. The molecule has 0 aliphatic heterocycles. The van der Waals surface area contributed by atoms with E-state index in [4.69, 9.17) is 15.5 Å². The first-order chi connectivity index (χ1) is 13.3. The molecule has 3 aromatic rings. The van der Waals surface area contributed by atoms with E-state index in [2.05, 4.69) is 10.3 Å². The van der Waals surface area contributed by atoms with Gasteiger partial charge < -0.3 is 15.8 Å². The van der Waals surface area contributed by atoms with Crippen molar-refractivity contribution in [2.75, 3.05) is 5.32 Å². The summed E-state index contributed by atoms with van der Waals surface area (Å²) in [6, 6.07) is 13.0. The molecular formula is C22H24N4O2. The number of carbonyl (C=O) groups is 1. The lowest BCUT2D eigenvalue weighted by Gasteiger charge is -2.16. The fourth-order valence-electron chi connectivity index (χ4n) is 2.92. The summed E-state index contributed by atoms with van der Waals surface area (Å²) in [6.45, 7) is 7.77. The molecule has 0 unspecified atom stereocenters. The van der Waals surface area contributed by atoms with E-state index in [0.717, 1.165) is 22.2 Å². The van der Waals surface area contributed by atoms with E-state index in [1.165, 1.54) is 0 Å². The Morgan fingerprint density at radius 3 is 2.71 bits per heavy atom. The van der Waals surface area contributed by atoms with Gasteiger partial charge in [0.1, 0.15) is 11.6 Å². The maximum atomic E-state index is 11.6. The number of fused-ring (bicyclic) bond motifs is 1. The quantitative estimate of drug-likeness (QED) is 0.503. The van der Waals surface area contributed by atoms with E-state index in [-0.39, 0.29) is 6.10 Å². The van der Waals surface area contributed by atoms with Gasteiger partial charge in [-0.1, -0.05) is 6.07 Å². The van der Waals surface area contributed by atoms with Crippen molar-refractivity contribution < 1.29 is 9.53 Å². The van der Waals surface area contributed by atoms with E-state index in [1.807, 2.05) is 52.0 Å². The van der Waals surface area contributed by atoms with E-state index >= 15 is 0 Å². The Morgan fingerprint density at radius 2 is 2.00 bits per heavy atom. The Hall–Kier alpha value is -3.41. The first kappa shape index (κ1) is 19.4. The lowest BCUT2D eigenvalue weighted by Crippen LogP contribution is -2.15. The number of nitrogens with one attached hydrogen (secondary N) is 1. The summed E-state index contributed by atoms with van der Waals surface area (Å²) < 4.78 is 5.85. The van der Waals surface area contributed by atoms with Gasteiger partial charge in [0, 0.05) is 17.1 Å². The number of amidine groups is 1. The van der Waals surface area contributed by atoms with Crippen molar-refractivity contribution in [2.45, 2.75) is 33.8 Å². The molecule has 0 aliphatic carbocycles. The topological polar surface area (TPSA) is 89.6 Å². The largest absolute Gasteiger partial charge is 0.489 e. The Kier molecular flexibility index (Phi) is 5.59. The van der Waals surface area contributed by atoms with E-state index in [0.29, 0.717) is 22.8 Å². The number of amides is 1. The Labute approximate surface area is 164 Å². The van der Waals surface area contributed by atoms with Gasteiger partial charge in [-0.25, -0.2) is 4.99 Å². The number of rotatable bonds is 5. The number of nitrogens with two attached hydrogens (primary N) is 1. The summed E-state index contributed by atoms with van der Waals surface area (Å²) in [5.41, 5.74) is 9.26. The van der Waals surface area contributed by atoms with Gasteiger partial charge in [0.2, 0.25) is 5.91 Å². The molecular weight excluding hydrogens is 352 g/mol. The highest BCUT2D eigenvalue weighted by Crippen LogP contribution is 2.30. The van der Waals surface area contributed by atoms with Crippen LogP contribution in [-0.4, -0.2) is 22.8 Å². The smallest absolute Gasteiger partial charge is 0.248 e. The summed E-state index contributed by atoms with van der Waals surface area (Å²) in [4.78, 5) is 20.7. The monoisotopic (exact) mass is 376 g/mol. The number of ether oxygens (including phenoxy) is 1. The first-order valence-corrected chi connectivity index (χ1v) is 9.12. The average molecular weight is 376 g/mol. The van der Waals surface area contributed by atoms with Crippen LogP contribution in [-0.2, 0) is 0 Å². The zero-order valence-electron chi connectivity index (χ0n) is 16.5. The van der Waals surface area contributed by atoms with Crippen LogP contribution in [0, 0.1) is 6.92 Å². The number of nitrogens with zero attached hydrogens (tertiary/aromatic N) is 2. The fraction of sp³-hybridized carbons (Fsp3) is 0.227. The van der Waals surface area contributed by atoms with Gasteiger partial charge in [0.15, 0.2) is 0 Å². The van der Waals surface area contributed by atoms with Crippen molar-refractivity contribution in [2.24, 2.45) is 10.7 Å². The molecule has 1 amide bonds. The zero-order chi connectivity index (χ0) is 20.3. The highest BCUT2D eigenvalue weighted by Gasteiger charge is 2.11. The molecule has 0 saturated heterocycles. The van der Waals surface area contributed by atoms with E-state index in [9.17, 15) is 4.79 Å². The number of aryl methyl sites for hydroxylation is 1. The molecule has 2 aromatic carbocycles. The molecule has 0 atom stereocenters. The Bertz CT molecular complexity index is 1060. The van der Waals surface area contributed by atoms with Crippen LogP contribution in [0.3, 0.4) is 0 Å². The molecule has 0 saturated carbocycles. The number of anilines is 1. The fourth-order valence-corrected chi connectivity index (χ4v) is 2.92. The van der Waals surface area contributed by atoms with Crippen molar-refractivity contribution in [1.82, 2.24) is 4.98 Å². The second-order valence-electron chi connectivity index (χ2n) is 6.87. The molecule has 3 rings (SSSR count). The van der Waals surface area contributed by atoms with Gasteiger partial charge in [-0.05, 0) is 69.7 Å². The van der Waals surface area contributed by atoms with Gasteiger partial charge in [-0.2, -0.15) is 0 Å². The van der Waals surface area contributed by atoms with Gasteiger partial charge >= 0.3 is 0 Å². The van der Waals surface area contributed by atoms with Gasteiger partial charge in [-0.15, -0.1) is 0 Å². The van der Waals surface area contributed by atoms with Crippen molar-refractivity contribution in [3.05, 3.63) is 59.8 Å². The van der Waals surface area contributed by atoms with Crippen LogP contribution in [0.25, 0.3) is 10.9 Å². The Balaban J connectivity index is 2.01. The summed E-state index contributed by atoms with van der Waals surface area (Å²) in [7, 11) is 0. The van der Waals surface area contributed by atoms with Crippen LogP contribution in [0.5, 0.6) is 5.75 Å². The highest BCUT2D eigenvalue weighted by molar-refractivity contribution is 6.02. The maximum Gasteiger partial charge on any atom is 0.248 e. The molecule has 28 heavy (non-hydrogen) atoms. The lowest BCUT2D eigenvalue weighted by molar-refractivity contribution is 0.100. The zero-order valence-corrected chi connectivity index (χ0v) is 16.5. The van der Waals surface area contributed by atoms with Crippen LogP contribution in [0.4, 0.5) is 11.4 Å². The van der Waals surface area contributed by atoms with Crippen LogP contribution in [0.2, 0.25) is 0 Å². The molecule has 144 valence electrons. The van der Waals surface area contributed by atoms with Crippen LogP contribution in [0.15, 0.2) is 53.7 Å².